The third kappa shape index (κ3) is 5.73. The van der Waals surface area contributed by atoms with Gasteiger partial charge in [-0.25, -0.2) is 4.99 Å². The van der Waals surface area contributed by atoms with Gasteiger partial charge < -0.3 is 15.4 Å². The van der Waals surface area contributed by atoms with E-state index in [1.165, 1.54) is 12.8 Å². The zero-order valence-corrected chi connectivity index (χ0v) is 15.2. The zero-order valence-electron chi connectivity index (χ0n) is 12.9. The van der Waals surface area contributed by atoms with Crippen LogP contribution in [0.4, 0.5) is 0 Å². The van der Waals surface area contributed by atoms with Crippen molar-refractivity contribution in [1.82, 2.24) is 4.90 Å². The van der Waals surface area contributed by atoms with Crippen LogP contribution in [0.2, 0.25) is 0 Å². The standard InChI is InChI=1S/C16H25N3O.HI/c1-3-19(4-2)16(17)18-11-14-7-5-6-8-15(14)20-12-13-9-10-13;/h5-8,13H,3-4,9-12H2,1-2H3,(H2,17,18);1H. The number of hydrogen-bond acceptors (Lipinski definition) is 2. The van der Waals surface area contributed by atoms with E-state index in [0.717, 1.165) is 36.9 Å². The monoisotopic (exact) mass is 403 g/mol. The van der Waals surface area contributed by atoms with Gasteiger partial charge in [0.1, 0.15) is 5.75 Å². The summed E-state index contributed by atoms with van der Waals surface area (Å²) in [7, 11) is 0. The summed E-state index contributed by atoms with van der Waals surface area (Å²) in [6.45, 7) is 7.32. The van der Waals surface area contributed by atoms with E-state index in [-0.39, 0.29) is 24.0 Å². The molecule has 0 heterocycles. The molecule has 1 aliphatic rings. The van der Waals surface area contributed by atoms with Crippen LogP contribution < -0.4 is 10.5 Å². The number of nitrogens with two attached hydrogens (primary N) is 1. The molecule has 2 N–H and O–H groups in total. The number of hydrogen-bond donors (Lipinski definition) is 1. The summed E-state index contributed by atoms with van der Waals surface area (Å²) in [5.41, 5.74) is 7.10. The van der Waals surface area contributed by atoms with Crippen LogP contribution in [0.3, 0.4) is 0 Å². The van der Waals surface area contributed by atoms with Gasteiger partial charge in [-0.3, -0.25) is 0 Å². The quantitative estimate of drug-likeness (QED) is 0.432. The average molecular weight is 403 g/mol. The molecule has 0 aromatic heterocycles. The average Bonchev–Trinajstić information content (AvgIpc) is 3.29. The number of benzene rings is 1. The van der Waals surface area contributed by atoms with Gasteiger partial charge in [-0.15, -0.1) is 24.0 Å². The molecule has 0 aliphatic heterocycles. The minimum absolute atomic E-state index is 0. The number of halogens is 1. The largest absolute Gasteiger partial charge is 0.493 e. The van der Waals surface area contributed by atoms with Gasteiger partial charge in [0.05, 0.1) is 13.2 Å². The molecule has 118 valence electrons. The number of aliphatic imine (C=N–C) groups is 1. The van der Waals surface area contributed by atoms with Crippen molar-refractivity contribution in [2.24, 2.45) is 16.6 Å². The summed E-state index contributed by atoms with van der Waals surface area (Å²) in [5, 5.41) is 0. The van der Waals surface area contributed by atoms with E-state index in [9.17, 15) is 0 Å². The van der Waals surface area contributed by atoms with Crippen LogP contribution in [-0.4, -0.2) is 30.6 Å². The van der Waals surface area contributed by atoms with Crippen LogP contribution in [-0.2, 0) is 6.54 Å². The fourth-order valence-corrected chi connectivity index (χ4v) is 2.08. The first kappa shape index (κ1) is 18.1. The van der Waals surface area contributed by atoms with E-state index in [1.807, 2.05) is 23.1 Å². The first-order valence-electron chi connectivity index (χ1n) is 7.50. The summed E-state index contributed by atoms with van der Waals surface area (Å²) in [6.07, 6.45) is 2.60. The lowest BCUT2D eigenvalue weighted by atomic mass is 10.2. The maximum absolute atomic E-state index is 6.00. The highest BCUT2D eigenvalue weighted by molar-refractivity contribution is 14.0. The minimum Gasteiger partial charge on any atom is -0.493 e. The van der Waals surface area contributed by atoms with Crippen molar-refractivity contribution in [1.29, 1.82) is 0 Å². The molecular formula is C16H26IN3O. The molecule has 1 aromatic carbocycles. The van der Waals surface area contributed by atoms with Crippen molar-refractivity contribution in [3.63, 3.8) is 0 Å². The second-order valence-corrected chi connectivity index (χ2v) is 5.21. The molecule has 0 amide bonds. The Morgan fingerprint density at radius 2 is 1.95 bits per heavy atom. The maximum Gasteiger partial charge on any atom is 0.191 e. The third-order valence-electron chi connectivity index (χ3n) is 3.64. The molecule has 1 saturated carbocycles. The Hall–Kier alpha value is -0.980. The van der Waals surface area contributed by atoms with E-state index >= 15 is 0 Å². The van der Waals surface area contributed by atoms with Crippen molar-refractivity contribution < 1.29 is 4.74 Å². The molecule has 0 spiro atoms. The molecule has 1 aromatic rings. The van der Waals surface area contributed by atoms with Gasteiger partial charge in [-0.1, -0.05) is 18.2 Å². The highest BCUT2D eigenvalue weighted by atomic mass is 127. The SMILES string of the molecule is CCN(CC)C(N)=NCc1ccccc1OCC1CC1.I. The van der Waals surface area contributed by atoms with Gasteiger partial charge in [-0.2, -0.15) is 0 Å². The summed E-state index contributed by atoms with van der Waals surface area (Å²) in [6, 6.07) is 8.09. The van der Waals surface area contributed by atoms with Crippen LogP contribution in [0.25, 0.3) is 0 Å². The highest BCUT2D eigenvalue weighted by Gasteiger charge is 2.22. The second-order valence-electron chi connectivity index (χ2n) is 5.21. The fraction of sp³-hybridized carbons (Fsp3) is 0.562. The Kier molecular flexibility index (Phi) is 7.85. The van der Waals surface area contributed by atoms with E-state index in [4.69, 9.17) is 10.5 Å². The number of para-hydroxylation sites is 1. The van der Waals surface area contributed by atoms with Crippen molar-refractivity contribution in [2.75, 3.05) is 19.7 Å². The third-order valence-corrected chi connectivity index (χ3v) is 3.64. The Labute approximate surface area is 144 Å². The number of guanidine groups is 1. The molecule has 1 aliphatic carbocycles. The first-order valence-corrected chi connectivity index (χ1v) is 7.50. The van der Waals surface area contributed by atoms with Crippen molar-refractivity contribution in [3.8, 4) is 5.75 Å². The number of rotatable bonds is 7. The van der Waals surface area contributed by atoms with Crippen LogP contribution in [0, 0.1) is 5.92 Å². The maximum atomic E-state index is 6.00. The molecule has 4 nitrogen and oxygen atoms in total. The molecule has 21 heavy (non-hydrogen) atoms. The predicted molar refractivity (Wildman–Crippen MR) is 98.3 cm³/mol. The highest BCUT2D eigenvalue weighted by Crippen LogP contribution is 2.30. The molecule has 0 bridgehead atoms. The van der Waals surface area contributed by atoms with E-state index in [1.54, 1.807) is 0 Å². The normalized spacial score (nSPS) is 14.5. The van der Waals surface area contributed by atoms with Gasteiger partial charge in [-0.05, 0) is 38.7 Å². The molecular weight excluding hydrogens is 377 g/mol. The molecule has 5 heteroatoms. The van der Waals surface area contributed by atoms with Gasteiger partial charge in [0.15, 0.2) is 5.96 Å². The Balaban J connectivity index is 0.00000220. The lowest BCUT2D eigenvalue weighted by Crippen LogP contribution is -2.37. The smallest absolute Gasteiger partial charge is 0.191 e. The van der Waals surface area contributed by atoms with Gasteiger partial charge in [0.2, 0.25) is 0 Å². The van der Waals surface area contributed by atoms with Crippen LogP contribution in [0.15, 0.2) is 29.3 Å². The lowest BCUT2D eigenvalue weighted by molar-refractivity contribution is 0.297. The molecule has 2 rings (SSSR count). The topological polar surface area (TPSA) is 50.8 Å². The summed E-state index contributed by atoms with van der Waals surface area (Å²) in [4.78, 5) is 6.53. The van der Waals surface area contributed by atoms with Crippen LogP contribution >= 0.6 is 24.0 Å². The summed E-state index contributed by atoms with van der Waals surface area (Å²) in [5.74, 6) is 2.30. The summed E-state index contributed by atoms with van der Waals surface area (Å²) >= 11 is 0. The van der Waals surface area contributed by atoms with Crippen LogP contribution in [0.5, 0.6) is 5.75 Å². The molecule has 0 radical (unpaired) electrons. The molecule has 0 atom stereocenters. The lowest BCUT2D eigenvalue weighted by Gasteiger charge is -2.19. The van der Waals surface area contributed by atoms with Crippen molar-refractivity contribution in [2.45, 2.75) is 33.2 Å². The summed E-state index contributed by atoms with van der Waals surface area (Å²) < 4.78 is 5.88. The molecule has 0 unspecified atom stereocenters. The van der Waals surface area contributed by atoms with E-state index in [2.05, 4.69) is 24.9 Å². The Morgan fingerprint density at radius 3 is 2.57 bits per heavy atom. The first-order chi connectivity index (χ1) is 9.74. The van der Waals surface area contributed by atoms with Crippen molar-refractivity contribution in [3.05, 3.63) is 29.8 Å². The van der Waals surface area contributed by atoms with Crippen LogP contribution in [0.1, 0.15) is 32.3 Å². The predicted octanol–water partition coefficient (Wildman–Crippen LogP) is 3.25. The minimum atomic E-state index is 0. The van der Waals surface area contributed by atoms with Crippen molar-refractivity contribution >= 4 is 29.9 Å². The second kappa shape index (κ2) is 9.12. The fourth-order valence-electron chi connectivity index (χ4n) is 2.08. The zero-order chi connectivity index (χ0) is 14.4. The Morgan fingerprint density at radius 1 is 1.29 bits per heavy atom. The number of nitrogens with zero attached hydrogens (tertiary/aromatic N) is 2. The van der Waals surface area contributed by atoms with Gasteiger partial charge >= 0.3 is 0 Å². The van der Waals surface area contributed by atoms with E-state index in [0.29, 0.717) is 12.5 Å². The van der Waals surface area contributed by atoms with Gasteiger partial charge in [0.25, 0.3) is 0 Å². The number of ether oxygens (including phenoxy) is 1. The molecule has 1 fully saturated rings. The van der Waals surface area contributed by atoms with Gasteiger partial charge in [0, 0.05) is 18.7 Å². The Bertz CT molecular complexity index is 457. The molecule has 0 saturated heterocycles. The van der Waals surface area contributed by atoms with E-state index < -0.39 is 0 Å².